The second-order valence-corrected chi connectivity index (χ2v) is 11.3. The summed E-state index contributed by atoms with van der Waals surface area (Å²) in [7, 11) is 0. The summed E-state index contributed by atoms with van der Waals surface area (Å²) < 4.78 is 45.5. The van der Waals surface area contributed by atoms with Gasteiger partial charge in [0, 0.05) is 46.8 Å². The van der Waals surface area contributed by atoms with Gasteiger partial charge in [-0.25, -0.2) is 0 Å². The maximum absolute atomic E-state index is 12.3. The summed E-state index contributed by atoms with van der Waals surface area (Å²) in [6.45, 7) is 11.9. The Morgan fingerprint density at radius 3 is 1.81 bits per heavy atom. The first kappa shape index (κ1) is 36.0. The minimum Gasteiger partial charge on any atom is -0.463 e. The first-order valence-corrected chi connectivity index (χ1v) is 14.4. The monoisotopic (exact) mass is 633 g/mol. The molecule has 0 aliphatic carbocycles. The van der Waals surface area contributed by atoms with Crippen LogP contribution in [-0.2, 0) is 66.7 Å². The smallest absolute Gasteiger partial charge is 0.303 e. The third-order valence-corrected chi connectivity index (χ3v) is 7.42. The number of amides is 1. The van der Waals surface area contributed by atoms with Crippen molar-refractivity contribution in [1.82, 2.24) is 5.32 Å². The van der Waals surface area contributed by atoms with E-state index in [4.69, 9.17) is 37.9 Å². The summed E-state index contributed by atoms with van der Waals surface area (Å²) in [4.78, 5) is 72.4. The van der Waals surface area contributed by atoms with Gasteiger partial charge in [0.15, 0.2) is 30.7 Å². The van der Waals surface area contributed by atoms with Crippen molar-refractivity contribution in [3.8, 4) is 0 Å². The van der Waals surface area contributed by atoms with Crippen LogP contribution in [0.15, 0.2) is 12.7 Å². The van der Waals surface area contributed by atoms with E-state index in [1.54, 1.807) is 6.92 Å². The average Bonchev–Trinajstić information content (AvgIpc) is 2.87. The number of hydrogen-bond donors (Lipinski definition) is 1. The fourth-order valence-corrected chi connectivity index (χ4v) is 6.01. The Morgan fingerprint density at radius 1 is 0.767 bits per heavy atom. The molecule has 2 fully saturated rings. The molecule has 2 saturated heterocycles. The summed E-state index contributed by atoms with van der Waals surface area (Å²) in [5.41, 5.74) is -1.14. The van der Waals surface area contributed by atoms with Crippen molar-refractivity contribution in [3.05, 3.63) is 12.7 Å². The lowest BCUT2D eigenvalue weighted by molar-refractivity contribution is -0.285. The molecule has 16 heteroatoms. The lowest BCUT2D eigenvalue weighted by atomic mass is 9.95. The molecule has 0 saturated carbocycles. The van der Waals surface area contributed by atoms with Crippen molar-refractivity contribution in [2.75, 3.05) is 13.2 Å². The summed E-state index contributed by atoms with van der Waals surface area (Å²) >= 11 is 1.09. The molecule has 0 aromatic heterocycles. The highest BCUT2D eigenvalue weighted by molar-refractivity contribution is 8.00. The van der Waals surface area contributed by atoms with Crippen molar-refractivity contribution in [2.45, 2.75) is 108 Å². The Bertz CT molecular complexity index is 1050. The van der Waals surface area contributed by atoms with Gasteiger partial charge in [-0.15, -0.1) is 18.3 Å². The molecule has 0 spiro atoms. The fourth-order valence-electron chi connectivity index (χ4n) is 4.66. The fraction of sp³-hybridized carbons (Fsp3) is 0.704. The molecule has 0 aromatic carbocycles. The van der Waals surface area contributed by atoms with Gasteiger partial charge < -0.3 is 43.2 Å². The van der Waals surface area contributed by atoms with E-state index in [0.717, 1.165) is 32.5 Å². The normalized spacial score (nSPS) is 32.0. The molecule has 2 rings (SSSR count). The summed E-state index contributed by atoms with van der Waals surface area (Å²) in [5, 5.41) is 2.13. The maximum atomic E-state index is 12.3. The van der Waals surface area contributed by atoms with Crippen LogP contribution in [0.4, 0.5) is 0 Å². The highest BCUT2D eigenvalue weighted by atomic mass is 32.2. The van der Waals surface area contributed by atoms with Crippen LogP contribution in [-0.4, -0.2) is 109 Å². The van der Waals surface area contributed by atoms with Crippen LogP contribution in [0.5, 0.6) is 0 Å². The van der Waals surface area contributed by atoms with E-state index in [1.807, 2.05) is 0 Å². The minimum atomic E-state index is -1.33. The van der Waals surface area contributed by atoms with Crippen LogP contribution in [0.1, 0.15) is 48.5 Å². The summed E-state index contributed by atoms with van der Waals surface area (Å²) in [6.07, 6.45) is -7.09. The Labute approximate surface area is 253 Å². The Hall–Kier alpha value is -3.21. The molecule has 2 aliphatic rings. The molecule has 242 valence electrons. The van der Waals surface area contributed by atoms with Crippen LogP contribution < -0.4 is 5.32 Å². The highest BCUT2D eigenvalue weighted by Crippen LogP contribution is 2.40. The predicted molar refractivity (Wildman–Crippen MR) is 147 cm³/mol. The first-order chi connectivity index (χ1) is 20.1. The van der Waals surface area contributed by atoms with Crippen molar-refractivity contribution in [2.24, 2.45) is 0 Å². The quantitative estimate of drug-likeness (QED) is 0.178. The second-order valence-electron chi connectivity index (χ2n) is 9.80. The first-order valence-electron chi connectivity index (χ1n) is 13.4. The Morgan fingerprint density at radius 2 is 1.30 bits per heavy atom. The van der Waals surface area contributed by atoms with Gasteiger partial charge >= 0.3 is 29.8 Å². The van der Waals surface area contributed by atoms with Gasteiger partial charge in [-0.2, -0.15) is 0 Å². The summed E-state index contributed by atoms with van der Waals surface area (Å²) in [6, 6.07) is -1.12. The van der Waals surface area contributed by atoms with E-state index in [9.17, 15) is 28.8 Å². The average molecular weight is 634 g/mol. The Balaban J connectivity index is 2.64. The van der Waals surface area contributed by atoms with E-state index in [-0.39, 0.29) is 13.2 Å². The van der Waals surface area contributed by atoms with Gasteiger partial charge in [0.05, 0.1) is 6.61 Å². The zero-order valence-electron chi connectivity index (χ0n) is 25.1. The van der Waals surface area contributed by atoms with Crippen LogP contribution in [0.3, 0.4) is 0 Å². The molecule has 1 N–H and O–H groups in total. The molecule has 0 bridgehead atoms. The van der Waals surface area contributed by atoms with Gasteiger partial charge in [-0.05, 0) is 6.92 Å². The number of rotatable bonds is 12. The topological polar surface area (TPSA) is 188 Å². The molecule has 15 nitrogen and oxygen atoms in total. The molecule has 43 heavy (non-hydrogen) atoms. The number of thioether (sulfide) groups is 1. The standard InChI is InChI=1S/C27H39NO14S/c1-9-10-35-26-20(28-13(3)29)23(22(38-16(6)32)19(41-26)11-36-14(4)30)42-27-25(40-18(8)34)24(39-17(7)33)21(12(2)43-27)37-15(5)31/h9,12,19-27H,1,10-11H2,2-8H3,(H,28,29)/t12-,19+,20+,21+,22+,23+,24+,25-,26+,27-/m0/s1. The molecule has 0 radical (unpaired) electrons. The minimum absolute atomic E-state index is 0.0180. The third kappa shape index (κ3) is 10.8. The molecule has 1 amide bonds. The van der Waals surface area contributed by atoms with Crippen LogP contribution in [0.25, 0.3) is 0 Å². The molecular weight excluding hydrogens is 594 g/mol. The third-order valence-electron chi connectivity index (χ3n) is 6.07. The highest BCUT2D eigenvalue weighted by Gasteiger charge is 2.55. The van der Waals surface area contributed by atoms with Gasteiger partial charge in [-0.1, -0.05) is 6.08 Å². The van der Waals surface area contributed by atoms with E-state index >= 15 is 0 Å². The largest absolute Gasteiger partial charge is 0.463 e. The van der Waals surface area contributed by atoms with Crippen LogP contribution in [0.2, 0.25) is 0 Å². The van der Waals surface area contributed by atoms with Crippen LogP contribution in [0, 0.1) is 0 Å². The lowest BCUT2D eigenvalue weighted by Gasteiger charge is -2.49. The van der Waals surface area contributed by atoms with E-state index < -0.39 is 95.4 Å². The zero-order valence-corrected chi connectivity index (χ0v) is 25.9. The molecule has 2 aliphatic heterocycles. The van der Waals surface area contributed by atoms with Gasteiger partial charge in [0.25, 0.3) is 0 Å². The number of carbonyl (C=O) groups excluding carboxylic acids is 6. The maximum Gasteiger partial charge on any atom is 0.303 e. The molecule has 0 unspecified atom stereocenters. The molecule has 0 aromatic rings. The molecule has 2 heterocycles. The van der Waals surface area contributed by atoms with Crippen molar-refractivity contribution < 1.29 is 66.7 Å². The van der Waals surface area contributed by atoms with Crippen molar-refractivity contribution in [3.63, 3.8) is 0 Å². The van der Waals surface area contributed by atoms with Gasteiger partial charge in [0.2, 0.25) is 5.91 Å². The van der Waals surface area contributed by atoms with E-state index in [1.165, 1.54) is 26.8 Å². The zero-order chi connectivity index (χ0) is 32.4. The van der Waals surface area contributed by atoms with E-state index in [2.05, 4.69) is 11.9 Å². The molecular formula is C27H39NO14S. The number of esters is 5. The predicted octanol–water partition coefficient (Wildman–Crippen LogP) is 0.555. The number of carbonyl (C=O) groups is 6. The van der Waals surface area contributed by atoms with Crippen LogP contribution >= 0.6 is 11.8 Å². The summed E-state index contributed by atoms with van der Waals surface area (Å²) in [5.74, 6) is -4.04. The second kappa shape index (κ2) is 16.6. The van der Waals surface area contributed by atoms with Crippen molar-refractivity contribution in [1.29, 1.82) is 0 Å². The molecule has 10 atom stereocenters. The number of ether oxygens (including phenoxy) is 8. The number of hydrogen-bond acceptors (Lipinski definition) is 15. The number of nitrogens with one attached hydrogen (secondary N) is 1. The van der Waals surface area contributed by atoms with Gasteiger partial charge in [0.1, 0.15) is 30.3 Å². The van der Waals surface area contributed by atoms with Gasteiger partial charge in [-0.3, -0.25) is 28.8 Å². The Kier molecular flexibility index (Phi) is 13.9. The SMILES string of the molecule is C=CCO[C@@H]1O[C@H](COC(C)=O)[C@@H](OC(C)=O)[C@H](O[C@H]2S[C@@H](C)[C@@H](OC(C)=O)[C@@H](OC(C)=O)[C@@H]2OC(C)=O)[C@H]1NC(C)=O. The van der Waals surface area contributed by atoms with E-state index in [0.29, 0.717) is 0 Å². The lowest BCUT2D eigenvalue weighted by Crippen LogP contribution is -2.68. The van der Waals surface area contributed by atoms with Crippen molar-refractivity contribution >= 4 is 47.5 Å².